The zero-order chi connectivity index (χ0) is 26.4. The van der Waals surface area contributed by atoms with Gasteiger partial charge in [-0.15, -0.1) is 0 Å². The van der Waals surface area contributed by atoms with E-state index < -0.39 is 17.8 Å². The molecule has 1 fully saturated rings. The Morgan fingerprint density at radius 1 is 1.00 bits per heavy atom. The Kier molecular flexibility index (Phi) is 8.63. The van der Waals surface area contributed by atoms with Crippen LogP contribution in [0.5, 0.6) is 11.5 Å². The van der Waals surface area contributed by atoms with Crippen molar-refractivity contribution < 1.29 is 23.9 Å². The monoisotopic (exact) mass is 582 g/mol. The van der Waals surface area contributed by atoms with Crippen LogP contribution in [0.4, 0.5) is 10.5 Å². The van der Waals surface area contributed by atoms with Crippen LogP contribution in [-0.4, -0.2) is 24.5 Å². The molecule has 3 aromatic carbocycles. The molecule has 9 heteroatoms. The number of nitrogens with one attached hydrogen (secondary N) is 1. The average Bonchev–Trinajstić information content (AvgIpc) is 2.88. The maximum Gasteiger partial charge on any atom is 0.335 e. The number of benzene rings is 3. The lowest BCUT2D eigenvalue weighted by molar-refractivity contribution is -0.122. The normalized spacial score (nSPS) is 14.6. The SMILES string of the molecule is CCCCOc1ccc(N2C(=O)NC(=O)/C(=C/c3ccc(OCc4ccccc4Br)c(Cl)c3)C2=O)cc1. The Bertz CT molecular complexity index is 1360. The van der Waals surface area contributed by atoms with Crippen molar-refractivity contribution in [1.29, 1.82) is 0 Å². The molecule has 0 aromatic heterocycles. The van der Waals surface area contributed by atoms with Crippen molar-refractivity contribution in [3.8, 4) is 11.5 Å². The molecule has 7 nitrogen and oxygen atoms in total. The average molecular weight is 584 g/mol. The van der Waals surface area contributed by atoms with Crippen molar-refractivity contribution in [3.63, 3.8) is 0 Å². The van der Waals surface area contributed by atoms with Gasteiger partial charge in [0, 0.05) is 10.0 Å². The van der Waals surface area contributed by atoms with Crippen LogP contribution in [-0.2, 0) is 16.2 Å². The van der Waals surface area contributed by atoms with Gasteiger partial charge in [-0.3, -0.25) is 14.9 Å². The molecule has 1 aliphatic rings. The van der Waals surface area contributed by atoms with Crippen LogP contribution in [0.2, 0.25) is 5.02 Å². The first-order chi connectivity index (χ1) is 17.9. The molecular formula is C28H24BrClN2O5. The summed E-state index contributed by atoms with van der Waals surface area (Å²) in [5.41, 5.74) is 1.59. The van der Waals surface area contributed by atoms with Crippen LogP contribution in [0.1, 0.15) is 30.9 Å². The fraction of sp³-hybridized carbons (Fsp3) is 0.179. The maximum absolute atomic E-state index is 13.2. The first kappa shape index (κ1) is 26.4. The summed E-state index contributed by atoms with van der Waals surface area (Å²) in [4.78, 5) is 39.1. The highest BCUT2D eigenvalue weighted by atomic mass is 79.9. The number of rotatable bonds is 9. The van der Waals surface area contributed by atoms with E-state index in [1.54, 1.807) is 42.5 Å². The molecule has 1 aliphatic heterocycles. The molecule has 4 amide bonds. The summed E-state index contributed by atoms with van der Waals surface area (Å²) in [7, 11) is 0. The summed E-state index contributed by atoms with van der Waals surface area (Å²) >= 11 is 9.89. The largest absolute Gasteiger partial charge is 0.494 e. The van der Waals surface area contributed by atoms with Crippen molar-refractivity contribution in [3.05, 3.63) is 92.9 Å². The Balaban J connectivity index is 1.51. The lowest BCUT2D eigenvalue weighted by Crippen LogP contribution is -2.54. The molecule has 1 heterocycles. The van der Waals surface area contributed by atoms with Gasteiger partial charge in [-0.2, -0.15) is 0 Å². The van der Waals surface area contributed by atoms with E-state index in [9.17, 15) is 14.4 Å². The van der Waals surface area contributed by atoms with Gasteiger partial charge in [0.1, 0.15) is 23.7 Å². The van der Waals surface area contributed by atoms with Gasteiger partial charge in [-0.25, -0.2) is 9.69 Å². The molecule has 3 aromatic rings. The molecule has 0 aliphatic carbocycles. The van der Waals surface area contributed by atoms with Crippen LogP contribution in [0.25, 0.3) is 6.08 Å². The first-order valence-electron chi connectivity index (χ1n) is 11.7. The van der Waals surface area contributed by atoms with Crippen LogP contribution in [0, 0.1) is 0 Å². The highest BCUT2D eigenvalue weighted by Gasteiger charge is 2.36. The zero-order valence-electron chi connectivity index (χ0n) is 20.0. The Labute approximate surface area is 228 Å². The molecule has 1 saturated heterocycles. The number of urea groups is 1. The van der Waals surface area contributed by atoms with E-state index in [0.717, 1.165) is 27.8 Å². The van der Waals surface area contributed by atoms with Gasteiger partial charge < -0.3 is 9.47 Å². The molecule has 1 N–H and O–H groups in total. The Hall–Kier alpha value is -3.62. The number of anilines is 1. The third kappa shape index (κ3) is 6.39. The van der Waals surface area contributed by atoms with Crippen molar-refractivity contribution in [2.45, 2.75) is 26.4 Å². The molecule has 0 unspecified atom stereocenters. The molecule has 0 atom stereocenters. The van der Waals surface area contributed by atoms with E-state index in [0.29, 0.717) is 41.0 Å². The fourth-order valence-corrected chi connectivity index (χ4v) is 4.22. The Morgan fingerprint density at radius 3 is 2.46 bits per heavy atom. The number of imide groups is 2. The zero-order valence-corrected chi connectivity index (χ0v) is 22.3. The number of hydrogen-bond acceptors (Lipinski definition) is 5. The summed E-state index contributed by atoms with van der Waals surface area (Å²) in [6, 6.07) is 18.4. The molecule has 37 heavy (non-hydrogen) atoms. The van der Waals surface area contributed by atoms with Crippen LogP contribution >= 0.6 is 27.5 Å². The molecular weight excluding hydrogens is 560 g/mol. The Morgan fingerprint density at radius 2 is 1.76 bits per heavy atom. The van der Waals surface area contributed by atoms with Crippen LogP contribution in [0.3, 0.4) is 0 Å². The number of nitrogens with zero attached hydrogens (tertiary/aromatic N) is 1. The first-order valence-corrected chi connectivity index (χ1v) is 12.8. The molecule has 0 saturated carbocycles. The second kappa shape index (κ2) is 12.1. The minimum atomic E-state index is -0.819. The number of unbranched alkanes of at least 4 members (excludes halogenated alkanes) is 1. The second-order valence-corrected chi connectivity index (χ2v) is 9.49. The van der Waals surface area contributed by atoms with Crippen molar-refractivity contribution >= 4 is 57.1 Å². The molecule has 4 rings (SSSR count). The molecule has 0 bridgehead atoms. The van der Waals surface area contributed by atoms with Gasteiger partial charge in [0.15, 0.2) is 0 Å². The number of carbonyl (C=O) groups excluding carboxylic acids is 3. The van der Waals surface area contributed by atoms with E-state index in [1.807, 2.05) is 24.3 Å². The topological polar surface area (TPSA) is 84.9 Å². The third-order valence-electron chi connectivity index (χ3n) is 5.57. The van der Waals surface area contributed by atoms with Crippen molar-refractivity contribution in [2.75, 3.05) is 11.5 Å². The quantitative estimate of drug-likeness (QED) is 0.176. The predicted octanol–water partition coefficient (Wildman–Crippen LogP) is 6.53. The van der Waals surface area contributed by atoms with E-state index in [-0.39, 0.29) is 5.57 Å². The summed E-state index contributed by atoms with van der Waals surface area (Å²) < 4.78 is 12.4. The number of amides is 4. The van der Waals surface area contributed by atoms with Crippen LogP contribution < -0.4 is 19.7 Å². The van der Waals surface area contributed by atoms with Gasteiger partial charge in [0.25, 0.3) is 11.8 Å². The van der Waals surface area contributed by atoms with Crippen molar-refractivity contribution in [2.24, 2.45) is 0 Å². The van der Waals surface area contributed by atoms with E-state index in [1.165, 1.54) is 6.08 Å². The van der Waals surface area contributed by atoms with Crippen molar-refractivity contribution in [1.82, 2.24) is 5.32 Å². The second-order valence-electron chi connectivity index (χ2n) is 8.22. The highest BCUT2D eigenvalue weighted by Crippen LogP contribution is 2.29. The third-order valence-corrected chi connectivity index (χ3v) is 6.64. The standard InChI is InChI=1S/C28H24BrClN2O5/c1-2-3-14-36-21-11-9-20(10-12-21)32-27(34)22(26(33)31-28(32)35)15-18-8-13-25(24(30)16-18)37-17-19-6-4-5-7-23(19)29/h4-13,15-16H,2-3,14,17H2,1H3,(H,31,33,35)/b22-15-. The number of barbiturate groups is 1. The molecule has 190 valence electrons. The number of hydrogen-bond donors (Lipinski definition) is 1. The lowest BCUT2D eigenvalue weighted by Gasteiger charge is -2.26. The van der Waals surface area contributed by atoms with E-state index in [4.69, 9.17) is 21.1 Å². The van der Waals surface area contributed by atoms with Gasteiger partial charge in [-0.05, 0) is 60.5 Å². The van der Waals surface area contributed by atoms with Gasteiger partial charge in [0.2, 0.25) is 0 Å². The van der Waals surface area contributed by atoms with Gasteiger partial charge >= 0.3 is 6.03 Å². The van der Waals surface area contributed by atoms with E-state index in [2.05, 4.69) is 28.2 Å². The maximum atomic E-state index is 13.2. The smallest absolute Gasteiger partial charge is 0.335 e. The number of carbonyl (C=O) groups is 3. The van der Waals surface area contributed by atoms with Gasteiger partial charge in [0.05, 0.1) is 17.3 Å². The number of halogens is 2. The lowest BCUT2D eigenvalue weighted by atomic mass is 10.1. The van der Waals surface area contributed by atoms with Gasteiger partial charge in [-0.1, -0.05) is 65.1 Å². The minimum absolute atomic E-state index is 0.194. The highest BCUT2D eigenvalue weighted by molar-refractivity contribution is 9.10. The predicted molar refractivity (Wildman–Crippen MR) is 146 cm³/mol. The summed E-state index contributed by atoms with van der Waals surface area (Å²) in [5.74, 6) is -0.433. The molecule has 0 radical (unpaired) electrons. The molecule has 0 spiro atoms. The van der Waals surface area contributed by atoms with Crippen LogP contribution in [0.15, 0.2) is 76.8 Å². The summed E-state index contributed by atoms with van der Waals surface area (Å²) in [6.45, 7) is 2.96. The number of ether oxygens (including phenoxy) is 2. The summed E-state index contributed by atoms with van der Waals surface area (Å²) in [5, 5.41) is 2.54. The van der Waals surface area contributed by atoms with E-state index >= 15 is 0 Å². The summed E-state index contributed by atoms with van der Waals surface area (Å²) in [6.07, 6.45) is 3.33. The minimum Gasteiger partial charge on any atom is -0.494 e. The fourth-order valence-electron chi connectivity index (χ4n) is 3.58.